The largest absolute Gasteiger partial charge is 0.336 e. The van der Waals surface area contributed by atoms with Crippen molar-refractivity contribution in [3.63, 3.8) is 0 Å². The number of amides is 2. The van der Waals surface area contributed by atoms with Gasteiger partial charge in [-0.15, -0.1) is 10.2 Å². The van der Waals surface area contributed by atoms with Crippen molar-refractivity contribution in [1.82, 2.24) is 35.5 Å². The molecule has 3 N–H and O–H groups in total. The van der Waals surface area contributed by atoms with E-state index in [9.17, 15) is 14.0 Å². The maximum Gasteiger partial charge on any atom is 0.321 e. The Hall–Kier alpha value is -4.61. The van der Waals surface area contributed by atoms with Gasteiger partial charge in [0.15, 0.2) is 11.6 Å². The molecule has 0 atom stereocenters. The Morgan fingerprint density at radius 2 is 1.88 bits per heavy atom. The molecule has 1 aliphatic rings. The van der Waals surface area contributed by atoms with Gasteiger partial charge in [0.05, 0.1) is 5.69 Å². The molecule has 172 valence electrons. The molecule has 1 saturated heterocycles. The second-order valence-corrected chi connectivity index (χ2v) is 7.62. The van der Waals surface area contributed by atoms with Gasteiger partial charge in [-0.05, 0) is 42.3 Å². The highest BCUT2D eigenvalue weighted by atomic mass is 19.1. The van der Waals surface area contributed by atoms with Crippen molar-refractivity contribution in [2.24, 2.45) is 0 Å². The number of aryl methyl sites for hydroxylation is 2. The summed E-state index contributed by atoms with van der Waals surface area (Å²) in [6.07, 6.45) is 4.37. The van der Waals surface area contributed by atoms with E-state index >= 15 is 0 Å². The van der Waals surface area contributed by atoms with Crippen molar-refractivity contribution >= 4 is 23.2 Å². The van der Waals surface area contributed by atoms with E-state index in [2.05, 4.69) is 36.2 Å². The Morgan fingerprint density at radius 1 is 1.06 bits per heavy atom. The number of urea groups is 1. The molecule has 5 rings (SSSR count). The van der Waals surface area contributed by atoms with Crippen LogP contribution in [-0.2, 0) is 12.8 Å². The van der Waals surface area contributed by atoms with Crippen LogP contribution in [0.15, 0.2) is 59.7 Å². The first-order chi connectivity index (χ1) is 16.6. The first-order valence-corrected chi connectivity index (χ1v) is 10.6. The smallest absolute Gasteiger partial charge is 0.321 e. The van der Waals surface area contributed by atoms with Crippen LogP contribution < -0.4 is 21.1 Å². The maximum atomic E-state index is 14.5. The standard InChI is InChI=1S/C22H20FN9O2/c23-17-7-6-16(32-12-10-25-22(32)34)13-18(17)26-20-21(33)31(11-9-24-20)15-4-1-14(2-5-15)3-8-19-27-29-30-28-19/h1-2,4-7,9,11,13H,3,8,10,12H2,(H,24,26)(H,25,34)(H,27,28,29,30). The number of anilines is 3. The highest BCUT2D eigenvalue weighted by Crippen LogP contribution is 2.25. The van der Waals surface area contributed by atoms with Crippen LogP contribution in [0, 0.1) is 5.82 Å². The number of benzene rings is 2. The van der Waals surface area contributed by atoms with Crippen LogP contribution in [-0.4, -0.2) is 49.3 Å². The number of nitrogens with zero attached hydrogens (tertiary/aromatic N) is 6. The normalized spacial score (nSPS) is 13.2. The van der Waals surface area contributed by atoms with Crippen LogP contribution >= 0.6 is 0 Å². The highest BCUT2D eigenvalue weighted by Gasteiger charge is 2.22. The lowest BCUT2D eigenvalue weighted by atomic mass is 10.1. The summed E-state index contributed by atoms with van der Waals surface area (Å²) in [7, 11) is 0. The van der Waals surface area contributed by atoms with E-state index in [-0.39, 0.29) is 17.5 Å². The summed E-state index contributed by atoms with van der Waals surface area (Å²) in [5.41, 5.74) is 1.83. The zero-order valence-electron chi connectivity index (χ0n) is 17.9. The molecule has 0 saturated carbocycles. The molecule has 1 fully saturated rings. The number of aromatic amines is 1. The van der Waals surface area contributed by atoms with Gasteiger partial charge >= 0.3 is 6.03 Å². The van der Waals surface area contributed by atoms with Gasteiger partial charge in [-0.3, -0.25) is 14.3 Å². The summed E-state index contributed by atoms with van der Waals surface area (Å²) in [5.74, 6) is 0.0309. The third-order valence-electron chi connectivity index (χ3n) is 5.45. The molecule has 2 amide bonds. The molecule has 0 radical (unpaired) electrons. The minimum atomic E-state index is -0.564. The summed E-state index contributed by atoms with van der Waals surface area (Å²) < 4.78 is 15.9. The third kappa shape index (κ3) is 4.33. The van der Waals surface area contributed by atoms with E-state index in [0.29, 0.717) is 36.7 Å². The second kappa shape index (κ2) is 9.10. The Bertz CT molecular complexity index is 1370. The van der Waals surface area contributed by atoms with Gasteiger partial charge in [0.1, 0.15) is 5.82 Å². The van der Waals surface area contributed by atoms with Gasteiger partial charge in [0.25, 0.3) is 5.56 Å². The molecule has 0 spiro atoms. The van der Waals surface area contributed by atoms with Crippen molar-refractivity contribution in [2.75, 3.05) is 23.3 Å². The number of tetrazole rings is 1. The summed E-state index contributed by atoms with van der Waals surface area (Å²) in [5, 5.41) is 19.3. The van der Waals surface area contributed by atoms with Crippen LogP contribution in [0.25, 0.3) is 5.69 Å². The van der Waals surface area contributed by atoms with Crippen molar-refractivity contribution in [1.29, 1.82) is 0 Å². The molecule has 3 heterocycles. The number of H-pyrrole nitrogens is 1. The average Bonchev–Trinajstić information content (AvgIpc) is 3.53. The molecule has 4 aromatic rings. The van der Waals surface area contributed by atoms with Gasteiger partial charge in [0, 0.05) is 43.3 Å². The highest BCUT2D eigenvalue weighted by molar-refractivity contribution is 5.94. The van der Waals surface area contributed by atoms with Crippen LogP contribution in [0.2, 0.25) is 0 Å². The first kappa shape index (κ1) is 21.2. The number of aromatic nitrogens is 6. The van der Waals surface area contributed by atoms with Gasteiger partial charge in [-0.25, -0.2) is 14.2 Å². The van der Waals surface area contributed by atoms with Gasteiger partial charge in [0.2, 0.25) is 0 Å². The number of nitrogens with one attached hydrogen (secondary N) is 3. The zero-order valence-corrected chi connectivity index (χ0v) is 17.9. The fourth-order valence-corrected chi connectivity index (χ4v) is 3.69. The molecule has 11 nitrogen and oxygen atoms in total. The number of carbonyl (C=O) groups excluding carboxylic acids is 1. The minimum absolute atomic E-state index is 0.0365. The summed E-state index contributed by atoms with van der Waals surface area (Å²) in [4.78, 5) is 30.6. The Morgan fingerprint density at radius 3 is 2.62 bits per heavy atom. The zero-order chi connectivity index (χ0) is 23.5. The average molecular weight is 461 g/mol. The number of halogens is 1. The van der Waals surface area contributed by atoms with E-state index in [1.54, 1.807) is 6.20 Å². The van der Waals surface area contributed by atoms with E-state index in [0.717, 1.165) is 12.0 Å². The van der Waals surface area contributed by atoms with Gasteiger partial charge < -0.3 is 10.6 Å². The predicted octanol–water partition coefficient (Wildman–Crippen LogP) is 1.94. The number of hydrogen-bond acceptors (Lipinski definition) is 7. The van der Waals surface area contributed by atoms with Crippen molar-refractivity contribution < 1.29 is 9.18 Å². The van der Waals surface area contributed by atoms with Crippen molar-refractivity contribution in [2.45, 2.75) is 12.8 Å². The summed E-state index contributed by atoms with van der Waals surface area (Å²) >= 11 is 0. The lowest BCUT2D eigenvalue weighted by Crippen LogP contribution is -2.27. The Balaban J connectivity index is 1.36. The van der Waals surface area contributed by atoms with E-state index in [4.69, 9.17) is 0 Å². The molecular weight excluding hydrogens is 441 g/mol. The number of carbonyl (C=O) groups is 1. The summed E-state index contributed by atoms with van der Waals surface area (Å²) in [6, 6.07) is 11.5. The SMILES string of the molecule is O=C1NCCN1c1ccc(F)c(Nc2nccn(-c3ccc(CCc4nn[nH]n4)cc3)c2=O)c1. The quantitative estimate of drug-likeness (QED) is 0.383. The molecular formula is C22H20FN9O2. The molecule has 2 aromatic heterocycles. The monoisotopic (exact) mass is 461 g/mol. The molecule has 0 bridgehead atoms. The van der Waals surface area contributed by atoms with Gasteiger partial charge in [-0.2, -0.15) is 5.21 Å². The van der Waals surface area contributed by atoms with Crippen molar-refractivity contribution in [3.8, 4) is 5.69 Å². The topological polar surface area (TPSA) is 134 Å². The second-order valence-electron chi connectivity index (χ2n) is 7.62. The van der Waals surface area contributed by atoms with Crippen LogP contribution in [0.5, 0.6) is 0 Å². The van der Waals surface area contributed by atoms with E-state index in [1.807, 2.05) is 24.3 Å². The van der Waals surface area contributed by atoms with Crippen LogP contribution in [0.4, 0.5) is 26.4 Å². The number of hydrogen-bond donors (Lipinski definition) is 3. The summed E-state index contributed by atoms with van der Waals surface area (Å²) in [6.45, 7) is 0.991. The maximum absolute atomic E-state index is 14.5. The minimum Gasteiger partial charge on any atom is -0.336 e. The molecule has 0 aliphatic carbocycles. The molecule has 1 aliphatic heterocycles. The Kier molecular flexibility index (Phi) is 5.68. The lowest BCUT2D eigenvalue weighted by Gasteiger charge is -2.16. The Labute approximate surface area is 192 Å². The fourth-order valence-electron chi connectivity index (χ4n) is 3.69. The van der Waals surface area contributed by atoms with E-state index < -0.39 is 11.4 Å². The van der Waals surface area contributed by atoms with E-state index in [1.165, 1.54) is 33.9 Å². The third-order valence-corrected chi connectivity index (χ3v) is 5.45. The lowest BCUT2D eigenvalue weighted by molar-refractivity contribution is 0.252. The molecule has 12 heteroatoms. The van der Waals surface area contributed by atoms with Crippen molar-refractivity contribution in [3.05, 3.63) is 82.4 Å². The van der Waals surface area contributed by atoms with Gasteiger partial charge in [-0.1, -0.05) is 17.3 Å². The van der Waals surface area contributed by atoms with Crippen LogP contribution in [0.1, 0.15) is 11.4 Å². The number of rotatable bonds is 7. The molecule has 34 heavy (non-hydrogen) atoms. The first-order valence-electron chi connectivity index (χ1n) is 10.6. The molecule has 0 unspecified atom stereocenters. The predicted molar refractivity (Wildman–Crippen MR) is 122 cm³/mol. The fraction of sp³-hybridized carbons (Fsp3) is 0.182. The van der Waals surface area contributed by atoms with Crippen LogP contribution in [0.3, 0.4) is 0 Å². The molecule has 2 aromatic carbocycles.